The molecule has 164 valence electrons. The van der Waals surface area contributed by atoms with Crippen molar-refractivity contribution >= 4 is 23.3 Å². The summed E-state index contributed by atoms with van der Waals surface area (Å²) in [5.74, 6) is -3.07. The minimum absolute atomic E-state index is 0.260. The number of hydrogen-bond donors (Lipinski definition) is 5. The summed E-state index contributed by atoms with van der Waals surface area (Å²) in [6.45, 7) is 2.05. The number of carboxylic acids is 1. The first-order valence-corrected chi connectivity index (χ1v) is 8.69. The van der Waals surface area contributed by atoms with Crippen LogP contribution in [0, 0.1) is 6.92 Å². The maximum absolute atomic E-state index is 12.0. The number of carboxylic acid groups (broad SMARTS) is 1. The molecule has 0 fully saturated rings. The van der Waals surface area contributed by atoms with Crippen LogP contribution in [-0.4, -0.2) is 38.1 Å². The lowest BCUT2D eigenvalue weighted by Crippen LogP contribution is -2.24. The predicted octanol–water partition coefficient (Wildman–Crippen LogP) is 2.71. The van der Waals surface area contributed by atoms with E-state index in [-0.39, 0.29) is 17.3 Å². The van der Waals surface area contributed by atoms with Gasteiger partial charge >= 0.3 is 17.8 Å². The van der Waals surface area contributed by atoms with Gasteiger partial charge in [0.15, 0.2) is 0 Å². The monoisotopic (exact) mass is 437 g/mol. The summed E-state index contributed by atoms with van der Waals surface area (Å²) in [4.78, 5) is 41.1. The number of carbonyl (C=O) groups is 2. The average molecular weight is 437 g/mol. The Hall–Kier alpha value is -4.09. The number of halogens is 3. The molecule has 0 aliphatic heterocycles. The number of carbonyl (C=O) groups excluding carboxylic acids is 1. The number of rotatable bonds is 5. The topological polar surface area (TPSA) is 140 Å². The fourth-order valence-electron chi connectivity index (χ4n) is 2.28. The van der Waals surface area contributed by atoms with E-state index in [1.165, 1.54) is 0 Å². The maximum Gasteiger partial charge on any atom is 0.490 e. The van der Waals surface area contributed by atoms with Gasteiger partial charge in [-0.3, -0.25) is 9.78 Å². The van der Waals surface area contributed by atoms with E-state index in [1.807, 2.05) is 36.4 Å². The number of alkyl halides is 3. The van der Waals surface area contributed by atoms with E-state index >= 15 is 0 Å². The highest BCUT2D eigenvalue weighted by Crippen LogP contribution is 2.16. The number of benzene rings is 1. The number of imidazole rings is 1. The first kappa shape index (κ1) is 23.2. The van der Waals surface area contributed by atoms with E-state index in [2.05, 4.69) is 25.6 Å². The normalized spacial score (nSPS) is 10.6. The Kier molecular flexibility index (Phi) is 7.55. The maximum atomic E-state index is 12.0. The number of H-pyrrole nitrogens is 2. The van der Waals surface area contributed by atoms with Crippen LogP contribution in [0.15, 0.2) is 53.6 Å². The standard InChI is InChI=1S/C17H17N5O2.C2HF3O2/c1-11-15(22-17(24)20-11)16(23)19-10-12-2-4-13(5-3-12)21-14-6-8-18-9-7-14;3-2(4,5)1(6)7/h2-9H,10H2,1H3,(H,18,21)(H,19,23)(H2,20,22,24);(H,6,7). The largest absolute Gasteiger partial charge is 0.490 e. The summed E-state index contributed by atoms with van der Waals surface area (Å²) >= 11 is 0. The van der Waals surface area contributed by atoms with Crippen LogP contribution in [0.4, 0.5) is 24.5 Å². The number of aryl methyl sites for hydroxylation is 1. The van der Waals surface area contributed by atoms with Crippen molar-refractivity contribution in [2.24, 2.45) is 0 Å². The third kappa shape index (κ3) is 7.34. The molecule has 12 heteroatoms. The SMILES string of the molecule is Cc1[nH]c(=O)[nH]c1C(=O)NCc1ccc(Nc2ccncc2)cc1.O=C(O)C(F)(F)F. The molecule has 0 bridgehead atoms. The summed E-state index contributed by atoms with van der Waals surface area (Å²) in [6.07, 6.45) is -1.64. The highest BCUT2D eigenvalue weighted by Gasteiger charge is 2.38. The van der Waals surface area contributed by atoms with Crippen molar-refractivity contribution < 1.29 is 27.9 Å². The van der Waals surface area contributed by atoms with Crippen molar-refractivity contribution in [3.8, 4) is 0 Å². The first-order valence-electron chi connectivity index (χ1n) is 8.69. The molecule has 0 saturated heterocycles. The van der Waals surface area contributed by atoms with Crippen LogP contribution < -0.4 is 16.3 Å². The second-order valence-electron chi connectivity index (χ2n) is 6.12. The quantitative estimate of drug-likeness (QED) is 0.416. The Bertz CT molecular complexity index is 1080. The molecule has 0 aliphatic carbocycles. The fourth-order valence-corrected chi connectivity index (χ4v) is 2.28. The van der Waals surface area contributed by atoms with Gasteiger partial charge in [-0.15, -0.1) is 0 Å². The molecule has 3 aromatic rings. The highest BCUT2D eigenvalue weighted by molar-refractivity contribution is 5.93. The van der Waals surface area contributed by atoms with E-state index < -0.39 is 12.1 Å². The number of pyridine rings is 1. The Morgan fingerprint density at radius 2 is 1.58 bits per heavy atom. The van der Waals surface area contributed by atoms with E-state index in [0.717, 1.165) is 16.9 Å². The number of hydrogen-bond acceptors (Lipinski definition) is 5. The molecule has 0 aliphatic rings. The van der Waals surface area contributed by atoms with Gasteiger partial charge in [-0.2, -0.15) is 13.2 Å². The van der Waals surface area contributed by atoms with Crippen molar-refractivity contribution in [1.82, 2.24) is 20.3 Å². The Morgan fingerprint density at radius 1 is 1.03 bits per heavy atom. The third-order valence-corrected chi connectivity index (χ3v) is 3.76. The highest BCUT2D eigenvalue weighted by atomic mass is 19.4. The number of amides is 1. The smallest absolute Gasteiger partial charge is 0.475 e. The van der Waals surface area contributed by atoms with Crippen LogP contribution in [0.25, 0.3) is 0 Å². The molecule has 0 spiro atoms. The number of aromatic amines is 2. The lowest BCUT2D eigenvalue weighted by molar-refractivity contribution is -0.192. The van der Waals surface area contributed by atoms with Crippen molar-refractivity contribution in [1.29, 1.82) is 0 Å². The number of anilines is 2. The number of aromatic nitrogens is 3. The van der Waals surface area contributed by atoms with Gasteiger partial charge in [0.05, 0.1) is 0 Å². The molecular formula is C19H18F3N5O4. The summed E-state index contributed by atoms with van der Waals surface area (Å²) in [5, 5.41) is 13.2. The summed E-state index contributed by atoms with van der Waals surface area (Å²) < 4.78 is 31.7. The second kappa shape index (κ2) is 10.1. The molecule has 9 nitrogen and oxygen atoms in total. The lowest BCUT2D eigenvalue weighted by atomic mass is 10.2. The van der Waals surface area contributed by atoms with Crippen molar-refractivity contribution in [3.63, 3.8) is 0 Å². The summed E-state index contributed by atoms with van der Waals surface area (Å²) in [7, 11) is 0. The fraction of sp³-hybridized carbons (Fsp3) is 0.158. The Morgan fingerprint density at radius 3 is 2.06 bits per heavy atom. The Labute approximate surface area is 173 Å². The van der Waals surface area contributed by atoms with Crippen molar-refractivity contribution in [2.75, 3.05) is 5.32 Å². The number of nitrogens with one attached hydrogen (secondary N) is 4. The molecule has 1 amide bonds. The van der Waals surface area contributed by atoms with Gasteiger partial charge in [-0.05, 0) is 36.8 Å². The van der Waals surface area contributed by atoms with E-state index in [0.29, 0.717) is 12.2 Å². The van der Waals surface area contributed by atoms with E-state index in [9.17, 15) is 22.8 Å². The van der Waals surface area contributed by atoms with Gasteiger partial charge in [0.25, 0.3) is 5.91 Å². The zero-order valence-corrected chi connectivity index (χ0v) is 16.1. The van der Waals surface area contributed by atoms with Crippen molar-refractivity contribution in [2.45, 2.75) is 19.6 Å². The van der Waals surface area contributed by atoms with Crippen molar-refractivity contribution in [3.05, 3.63) is 76.2 Å². The van der Waals surface area contributed by atoms with Gasteiger partial charge < -0.3 is 25.7 Å². The van der Waals surface area contributed by atoms with Gasteiger partial charge in [0, 0.05) is 36.0 Å². The molecule has 31 heavy (non-hydrogen) atoms. The predicted molar refractivity (Wildman–Crippen MR) is 105 cm³/mol. The van der Waals surface area contributed by atoms with E-state index in [4.69, 9.17) is 9.90 Å². The molecule has 0 radical (unpaired) electrons. The minimum atomic E-state index is -5.08. The molecule has 0 unspecified atom stereocenters. The summed E-state index contributed by atoms with van der Waals surface area (Å²) in [6, 6.07) is 11.5. The van der Waals surface area contributed by atoms with Crippen LogP contribution in [0.2, 0.25) is 0 Å². The van der Waals surface area contributed by atoms with Gasteiger partial charge in [0.2, 0.25) is 0 Å². The molecule has 0 saturated carbocycles. The summed E-state index contributed by atoms with van der Waals surface area (Å²) in [5.41, 5.74) is 3.26. The minimum Gasteiger partial charge on any atom is -0.475 e. The Balaban J connectivity index is 0.000000423. The van der Waals surface area contributed by atoms with Gasteiger partial charge in [0.1, 0.15) is 5.69 Å². The number of aliphatic carboxylic acids is 1. The van der Waals surface area contributed by atoms with Gasteiger partial charge in [-0.1, -0.05) is 12.1 Å². The molecule has 2 heterocycles. The zero-order valence-electron chi connectivity index (χ0n) is 16.1. The zero-order chi connectivity index (χ0) is 23.0. The molecule has 2 aromatic heterocycles. The first-order chi connectivity index (χ1) is 14.6. The van der Waals surface area contributed by atoms with Crippen LogP contribution >= 0.6 is 0 Å². The lowest BCUT2D eigenvalue weighted by Gasteiger charge is -2.08. The van der Waals surface area contributed by atoms with Crippen LogP contribution in [-0.2, 0) is 11.3 Å². The molecule has 3 rings (SSSR count). The molecule has 5 N–H and O–H groups in total. The van der Waals surface area contributed by atoms with E-state index in [1.54, 1.807) is 19.3 Å². The number of nitrogens with zero attached hydrogens (tertiary/aromatic N) is 1. The van der Waals surface area contributed by atoms with Crippen LogP contribution in [0.5, 0.6) is 0 Å². The second-order valence-corrected chi connectivity index (χ2v) is 6.12. The molecule has 0 atom stereocenters. The third-order valence-electron chi connectivity index (χ3n) is 3.76. The molecular weight excluding hydrogens is 419 g/mol. The van der Waals surface area contributed by atoms with Crippen LogP contribution in [0.3, 0.4) is 0 Å². The van der Waals surface area contributed by atoms with Gasteiger partial charge in [-0.25, -0.2) is 9.59 Å². The van der Waals surface area contributed by atoms with Crippen LogP contribution in [0.1, 0.15) is 21.7 Å². The average Bonchev–Trinajstić information content (AvgIpc) is 3.06. The molecule has 1 aromatic carbocycles.